The van der Waals surface area contributed by atoms with Gasteiger partial charge in [-0.2, -0.15) is 0 Å². The van der Waals surface area contributed by atoms with Crippen molar-refractivity contribution in [2.24, 2.45) is 0 Å². The van der Waals surface area contributed by atoms with Crippen LogP contribution in [0.1, 0.15) is 17.4 Å². The zero-order valence-corrected chi connectivity index (χ0v) is 17.8. The third kappa shape index (κ3) is 4.19. The lowest BCUT2D eigenvalue weighted by molar-refractivity contribution is -0.140. The average Bonchev–Trinajstić information content (AvgIpc) is 3.40. The first-order chi connectivity index (χ1) is 15.0. The molecule has 164 valence electrons. The number of nitrogens with zero attached hydrogens (tertiary/aromatic N) is 2. The number of carbonyl (C=O) groups is 2. The summed E-state index contributed by atoms with van der Waals surface area (Å²) < 4.78 is 16.0. The van der Waals surface area contributed by atoms with E-state index in [1.807, 2.05) is 0 Å². The van der Waals surface area contributed by atoms with Crippen molar-refractivity contribution in [1.29, 1.82) is 0 Å². The highest BCUT2D eigenvalue weighted by Gasteiger charge is 2.47. The van der Waals surface area contributed by atoms with E-state index >= 15 is 0 Å². The molecule has 0 aliphatic carbocycles. The molecule has 0 spiro atoms. The highest BCUT2D eigenvalue weighted by molar-refractivity contribution is 6.46. The van der Waals surface area contributed by atoms with Gasteiger partial charge in [0, 0.05) is 31.7 Å². The Hall–Kier alpha value is -2.81. The van der Waals surface area contributed by atoms with E-state index in [0.717, 1.165) is 13.1 Å². The molecule has 9 heteroatoms. The predicted molar refractivity (Wildman–Crippen MR) is 113 cm³/mol. The first kappa shape index (κ1) is 21.4. The quantitative estimate of drug-likeness (QED) is 0.414. The molecule has 4 rings (SSSR count). The predicted octanol–water partition coefficient (Wildman–Crippen LogP) is 2.70. The van der Waals surface area contributed by atoms with Gasteiger partial charge in [0.15, 0.2) is 0 Å². The number of benzene rings is 1. The summed E-state index contributed by atoms with van der Waals surface area (Å²) in [5.41, 5.74) is 0.289. The molecule has 8 nitrogen and oxygen atoms in total. The summed E-state index contributed by atoms with van der Waals surface area (Å²) >= 11 is 6.19. The first-order valence-electron chi connectivity index (χ1n) is 9.97. The van der Waals surface area contributed by atoms with Crippen LogP contribution >= 0.6 is 11.6 Å². The Labute approximate surface area is 184 Å². The third-order valence-electron chi connectivity index (χ3n) is 5.54. The van der Waals surface area contributed by atoms with Gasteiger partial charge in [0.05, 0.1) is 37.2 Å². The van der Waals surface area contributed by atoms with Gasteiger partial charge in [-0.1, -0.05) is 11.6 Å². The monoisotopic (exact) mass is 446 g/mol. The number of halogens is 1. The van der Waals surface area contributed by atoms with Gasteiger partial charge in [0.2, 0.25) is 0 Å². The summed E-state index contributed by atoms with van der Waals surface area (Å²) in [5, 5.41) is 11.3. The van der Waals surface area contributed by atoms with Crippen molar-refractivity contribution in [2.45, 2.75) is 6.04 Å². The molecular weight excluding hydrogens is 424 g/mol. The second kappa shape index (κ2) is 9.13. The molecule has 3 heterocycles. The van der Waals surface area contributed by atoms with Crippen LogP contribution in [0.25, 0.3) is 5.76 Å². The van der Waals surface area contributed by atoms with Gasteiger partial charge in [-0.3, -0.25) is 14.5 Å². The van der Waals surface area contributed by atoms with Crippen molar-refractivity contribution in [2.75, 3.05) is 46.5 Å². The normalized spacial score (nSPS) is 21.6. The van der Waals surface area contributed by atoms with E-state index in [9.17, 15) is 14.7 Å². The number of rotatable bonds is 6. The Bertz CT molecular complexity index is 997. The van der Waals surface area contributed by atoms with E-state index in [1.165, 1.54) is 24.3 Å². The average molecular weight is 447 g/mol. The van der Waals surface area contributed by atoms with Gasteiger partial charge in [-0.05, 0) is 30.3 Å². The molecule has 2 aromatic rings. The Kier molecular flexibility index (Phi) is 6.31. The maximum atomic E-state index is 13.0. The van der Waals surface area contributed by atoms with Gasteiger partial charge in [-0.25, -0.2) is 0 Å². The van der Waals surface area contributed by atoms with Crippen molar-refractivity contribution in [3.63, 3.8) is 0 Å². The number of hydrogen-bond donors (Lipinski definition) is 1. The van der Waals surface area contributed by atoms with Gasteiger partial charge >= 0.3 is 0 Å². The van der Waals surface area contributed by atoms with Crippen LogP contribution in [0.15, 0.2) is 46.6 Å². The minimum absolute atomic E-state index is 0.0249. The second-order valence-corrected chi connectivity index (χ2v) is 7.72. The van der Waals surface area contributed by atoms with E-state index < -0.39 is 17.7 Å². The Morgan fingerprint density at radius 2 is 2.00 bits per heavy atom. The number of Topliss-reactive ketones (excluding diaryl/α,β-unsaturated/α-hetero) is 1. The summed E-state index contributed by atoms with van der Waals surface area (Å²) in [5.74, 6) is -0.893. The maximum Gasteiger partial charge on any atom is 0.295 e. The maximum absolute atomic E-state index is 13.0. The van der Waals surface area contributed by atoms with Crippen LogP contribution in [0.2, 0.25) is 5.02 Å². The number of carbonyl (C=O) groups excluding carboxylic acids is 2. The summed E-state index contributed by atoms with van der Waals surface area (Å²) in [6, 6.07) is 7.22. The van der Waals surface area contributed by atoms with E-state index in [-0.39, 0.29) is 16.4 Å². The van der Waals surface area contributed by atoms with Crippen LogP contribution < -0.4 is 4.74 Å². The minimum Gasteiger partial charge on any atom is -0.507 e. The number of hydrogen-bond acceptors (Lipinski definition) is 7. The van der Waals surface area contributed by atoms with Crippen molar-refractivity contribution < 1.29 is 28.6 Å². The lowest BCUT2D eigenvalue weighted by Gasteiger charge is -2.30. The molecule has 2 aliphatic heterocycles. The molecule has 2 saturated heterocycles. The Balaban J connectivity index is 1.70. The fourth-order valence-electron chi connectivity index (χ4n) is 3.90. The molecule has 31 heavy (non-hydrogen) atoms. The Morgan fingerprint density at radius 1 is 1.23 bits per heavy atom. The third-order valence-corrected chi connectivity index (χ3v) is 5.83. The van der Waals surface area contributed by atoms with Crippen molar-refractivity contribution in [1.82, 2.24) is 9.80 Å². The number of aliphatic hydroxyl groups is 1. The molecule has 1 N–H and O–H groups in total. The van der Waals surface area contributed by atoms with Crippen LogP contribution in [0.4, 0.5) is 0 Å². The smallest absolute Gasteiger partial charge is 0.295 e. The number of likely N-dealkylation sites (tertiary alicyclic amines) is 1. The van der Waals surface area contributed by atoms with E-state index in [1.54, 1.807) is 24.3 Å². The van der Waals surface area contributed by atoms with Crippen LogP contribution in [-0.4, -0.2) is 73.1 Å². The number of amides is 1. The van der Waals surface area contributed by atoms with Crippen molar-refractivity contribution >= 4 is 29.1 Å². The van der Waals surface area contributed by atoms with Gasteiger partial charge in [-0.15, -0.1) is 0 Å². The largest absolute Gasteiger partial charge is 0.507 e. The van der Waals surface area contributed by atoms with E-state index in [0.29, 0.717) is 43.4 Å². The summed E-state index contributed by atoms with van der Waals surface area (Å²) in [6.07, 6.45) is 1.47. The van der Waals surface area contributed by atoms with Crippen LogP contribution in [0, 0.1) is 0 Å². The minimum atomic E-state index is -0.822. The topological polar surface area (TPSA) is 92.5 Å². The van der Waals surface area contributed by atoms with Gasteiger partial charge in [0.1, 0.15) is 23.3 Å². The Morgan fingerprint density at radius 3 is 2.65 bits per heavy atom. The fourth-order valence-corrected chi connectivity index (χ4v) is 4.15. The summed E-state index contributed by atoms with van der Waals surface area (Å²) in [7, 11) is 1.48. The highest BCUT2D eigenvalue weighted by atomic mass is 35.5. The van der Waals surface area contributed by atoms with E-state index in [4.69, 9.17) is 25.5 Å². The molecule has 0 saturated carbocycles. The molecule has 2 fully saturated rings. The molecule has 0 bridgehead atoms. The standard InChI is InChI=1S/C22H23ClN2O6/c1-29-16-5-4-14(13-15(16)23)20(26)18-19(17-3-2-10-31-17)25(22(28)21(18)27)7-6-24-8-11-30-12-9-24/h2-5,10,13,19,26H,6-9,11-12H2,1H3/b20-18+. The lowest BCUT2D eigenvalue weighted by atomic mass is 9.99. The fraction of sp³-hybridized carbons (Fsp3) is 0.364. The number of furan rings is 1. The lowest BCUT2D eigenvalue weighted by Crippen LogP contribution is -2.42. The number of ketones is 1. The zero-order valence-electron chi connectivity index (χ0n) is 17.0. The van der Waals surface area contributed by atoms with Gasteiger partial charge < -0.3 is 23.9 Å². The van der Waals surface area contributed by atoms with Gasteiger partial charge in [0.25, 0.3) is 11.7 Å². The van der Waals surface area contributed by atoms with Crippen LogP contribution in [0.5, 0.6) is 5.75 Å². The van der Waals surface area contributed by atoms with Crippen LogP contribution in [0.3, 0.4) is 0 Å². The van der Waals surface area contributed by atoms with Crippen molar-refractivity contribution in [3.8, 4) is 5.75 Å². The van der Waals surface area contributed by atoms with Crippen LogP contribution in [-0.2, 0) is 14.3 Å². The zero-order chi connectivity index (χ0) is 22.0. The summed E-state index contributed by atoms with van der Waals surface area (Å²) in [4.78, 5) is 29.5. The highest BCUT2D eigenvalue weighted by Crippen LogP contribution is 2.40. The second-order valence-electron chi connectivity index (χ2n) is 7.31. The molecule has 0 radical (unpaired) electrons. The molecule has 1 atom stereocenters. The van der Waals surface area contributed by atoms with E-state index in [2.05, 4.69) is 4.90 Å². The SMILES string of the molecule is COc1ccc(/C(O)=C2\C(=O)C(=O)N(CCN3CCOCC3)C2c2ccco2)cc1Cl. The summed E-state index contributed by atoms with van der Waals surface area (Å²) in [6.45, 7) is 3.70. The molecular formula is C22H23ClN2O6. The number of methoxy groups -OCH3 is 1. The molecule has 2 aliphatic rings. The molecule has 1 aromatic heterocycles. The number of ether oxygens (including phenoxy) is 2. The molecule has 1 aromatic carbocycles. The molecule has 1 unspecified atom stereocenters. The molecule has 1 amide bonds. The number of morpholine rings is 1. The number of aliphatic hydroxyl groups excluding tert-OH is 1. The first-order valence-corrected chi connectivity index (χ1v) is 10.3. The van der Waals surface area contributed by atoms with Crippen molar-refractivity contribution in [3.05, 3.63) is 58.5 Å².